The van der Waals surface area contributed by atoms with Crippen LogP contribution in [0.25, 0.3) is 0 Å². The Morgan fingerprint density at radius 2 is 1.95 bits per heavy atom. The Morgan fingerprint density at radius 1 is 1.26 bits per heavy atom. The average molecular weight is 273 g/mol. The molecule has 1 unspecified atom stereocenters. The van der Waals surface area contributed by atoms with Gasteiger partial charge in [0.15, 0.2) is 0 Å². The molecule has 0 spiro atoms. The minimum Gasteiger partial charge on any atom is -0.480 e. The maximum atomic E-state index is 10.8. The molecular weight excluding hydrogens is 250 g/mol. The number of carboxylic acids is 1. The van der Waals surface area contributed by atoms with Crippen LogP contribution in [0.1, 0.15) is 51.9 Å². The van der Waals surface area contributed by atoms with Gasteiger partial charge in [-0.3, -0.25) is 0 Å². The predicted octanol–water partition coefficient (Wildman–Crippen LogP) is 2.31. The summed E-state index contributed by atoms with van der Waals surface area (Å²) in [6.07, 6.45) is 9.71. The molecule has 6 nitrogen and oxygen atoms in total. The first-order valence-electron chi connectivity index (χ1n) is 6.60. The Bertz CT molecular complexity index is 291. The number of carbonyl (C=O) groups is 2. The molecule has 1 atom stereocenters. The number of aliphatic carboxylic acids is 1. The van der Waals surface area contributed by atoms with Crippen molar-refractivity contribution < 1.29 is 24.8 Å². The SMILES string of the molecule is CCCCCCC/C=C/NC(CC(=O)OO)C(=O)O. The Morgan fingerprint density at radius 3 is 2.53 bits per heavy atom. The maximum Gasteiger partial charge on any atom is 0.344 e. The van der Waals surface area contributed by atoms with Gasteiger partial charge in [-0.1, -0.05) is 38.7 Å². The summed E-state index contributed by atoms with van der Waals surface area (Å²) in [4.78, 5) is 25.0. The normalized spacial score (nSPS) is 12.3. The van der Waals surface area contributed by atoms with Gasteiger partial charge in [0.25, 0.3) is 0 Å². The van der Waals surface area contributed by atoms with E-state index in [4.69, 9.17) is 10.4 Å². The van der Waals surface area contributed by atoms with E-state index in [0.717, 1.165) is 19.3 Å². The van der Waals surface area contributed by atoms with Gasteiger partial charge in [-0.15, -0.1) is 0 Å². The number of nitrogens with one attached hydrogen (secondary N) is 1. The molecule has 0 fully saturated rings. The average Bonchev–Trinajstić information content (AvgIpc) is 2.39. The molecule has 19 heavy (non-hydrogen) atoms. The van der Waals surface area contributed by atoms with Crippen molar-refractivity contribution in [3.05, 3.63) is 12.3 Å². The molecular formula is C13H23NO5. The number of unbranched alkanes of at least 4 members (excludes halogenated alkanes) is 5. The summed E-state index contributed by atoms with van der Waals surface area (Å²) in [5, 5.41) is 19.5. The van der Waals surface area contributed by atoms with Crippen LogP contribution in [0.3, 0.4) is 0 Å². The second kappa shape index (κ2) is 11.5. The first-order chi connectivity index (χ1) is 9.11. The summed E-state index contributed by atoms with van der Waals surface area (Å²) in [7, 11) is 0. The Balaban J connectivity index is 3.79. The topological polar surface area (TPSA) is 95.9 Å². The van der Waals surface area contributed by atoms with E-state index in [9.17, 15) is 9.59 Å². The summed E-state index contributed by atoms with van der Waals surface area (Å²) in [5.74, 6) is -2.15. The van der Waals surface area contributed by atoms with E-state index in [1.807, 2.05) is 6.08 Å². The van der Waals surface area contributed by atoms with Gasteiger partial charge >= 0.3 is 11.9 Å². The van der Waals surface area contributed by atoms with Crippen LogP contribution in [0.4, 0.5) is 0 Å². The maximum absolute atomic E-state index is 10.8. The van der Waals surface area contributed by atoms with Gasteiger partial charge in [0.2, 0.25) is 0 Å². The molecule has 0 aromatic heterocycles. The molecule has 0 bridgehead atoms. The van der Waals surface area contributed by atoms with E-state index < -0.39 is 24.4 Å². The van der Waals surface area contributed by atoms with Crippen molar-refractivity contribution in [3.63, 3.8) is 0 Å². The number of allylic oxidation sites excluding steroid dienone is 1. The quantitative estimate of drug-likeness (QED) is 0.304. The van der Waals surface area contributed by atoms with E-state index in [1.54, 1.807) is 0 Å². The number of carbonyl (C=O) groups excluding carboxylic acids is 1. The Kier molecular flexibility index (Phi) is 10.6. The van der Waals surface area contributed by atoms with Gasteiger partial charge in [-0.25, -0.2) is 9.59 Å². The van der Waals surface area contributed by atoms with Crippen molar-refractivity contribution in [3.8, 4) is 0 Å². The van der Waals surface area contributed by atoms with Gasteiger partial charge in [0.05, 0.1) is 6.42 Å². The lowest BCUT2D eigenvalue weighted by atomic mass is 10.1. The zero-order valence-electron chi connectivity index (χ0n) is 11.3. The molecule has 0 aromatic carbocycles. The molecule has 0 aliphatic rings. The van der Waals surface area contributed by atoms with Crippen LogP contribution in [0.15, 0.2) is 12.3 Å². The third-order valence-electron chi connectivity index (χ3n) is 2.66. The van der Waals surface area contributed by atoms with Crippen LogP contribution in [0.5, 0.6) is 0 Å². The minimum absolute atomic E-state index is 0.424. The fourth-order valence-electron chi connectivity index (χ4n) is 1.55. The van der Waals surface area contributed by atoms with Crippen molar-refractivity contribution in [2.45, 2.75) is 57.9 Å². The number of hydrogen-bond acceptors (Lipinski definition) is 5. The lowest BCUT2D eigenvalue weighted by Gasteiger charge is -2.09. The number of carboxylic acid groups (broad SMARTS) is 1. The molecule has 0 saturated heterocycles. The molecule has 0 aliphatic heterocycles. The third-order valence-corrected chi connectivity index (χ3v) is 2.66. The lowest BCUT2D eigenvalue weighted by molar-refractivity contribution is -0.234. The summed E-state index contributed by atoms with van der Waals surface area (Å²) < 4.78 is 0. The summed E-state index contributed by atoms with van der Waals surface area (Å²) in [6.45, 7) is 2.16. The smallest absolute Gasteiger partial charge is 0.344 e. The highest BCUT2D eigenvalue weighted by atomic mass is 17.1. The van der Waals surface area contributed by atoms with E-state index in [-0.39, 0.29) is 0 Å². The van der Waals surface area contributed by atoms with Crippen molar-refractivity contribution in [2.75, 3.05) is 0 Å². The highest BCUT2D eigenvalue weighted by Crippen LogP contribution is 2.05. The van der Waals surface area contributed by atoms with Crippen molar-refractivity contribution in [2.24, 2.45) is 0 Å². The highest BCUT2D eigenvalue weighted by Gasteiger charge is 2.20. The standard InChI is InChI=1S/C13H23NO5/c1-2-3-4-5-6-7-8-9-14-11(13(16)17)10-12(15)19-18/h8-9,11,14,18H,2-7,10H2,1H3,(H,16,17)/b9-8+. The van der Waals surface area contributed by atoms with E-state index in [1.165, 1.54) is 25.5 Å². The summed E-state index contributed by atoms with van der Waals surface area (Å²) >= 11 is 0. The zero-order chi connectivity index (χ0) is 14.5. The molecule has 0 heterocycles. The second-order valence-electron chi connectivity index (χ2n) is 4.33. The first kappa shape index (κ1) is 17.4. The number of hydrogen-bond donors (Lipinski definition) is 3. The van der Waals surface area contributed by atoms with Crippen LogP contribution in [0, 0.1) is 0 Å². The Labute approximate surface area is 113 Å². The van der Waals surface area contributed by atoms with Crippen LogP contribution in [0.2, 0.25) is 0 Å². The van der Waals surface area contributed by atoms with Gasteiger partial charge in [-0.05, 0) is 19.0 Å². The van der Waals surface area contributed by atoms with Gasteiger partial charge in [-0.2, -0.15) is 5.26 Å². The third kappa shape index (κ3) is 10.1. The van der Waals surface area contributed by atoms with Crippen molar-refractivity contribution >= 4 is 11.9 Å². The monoisotopic (exact) mass is 273 g/mol. The molecule has 3 N–H and O–H groups in total. The van der Waals surface area contributed by atoms with Crippen LogP contribution >= 0.6 is 0 Å². The molecule has 0 radical (unpaired) electrons. The Hall–Kier alpha value is -1.56. The fourth-order valence-corrected chi connectivity index (χ4v) is 1.55. The van der Waals surface area contributed by atoms with Gasteiger partial charge in [0.1, 0.15) is 6.04 Å². The van der Waals surface area contributed by atoms with Crippen LogP contribution in [-0.4, -0.2) is 28.3 Å². The minimum atomic E-state index is -1.17. The zero-order valence-corrected chi connectivity index (χ0v) is 11.3. The largest absolute Gasteiger partial charge is 0.480 e. The molecule has 0 rings (SSSR count). The van der Waals surface area contributed by atoms with Crippen LogP contribution < -0.4 is 5.32 Å². The summed E-state index contributed by atoms with van der Waals surface area (Å²) in [5.41, 5.74) is 0. The van der Waals surface area contributed by atoms with E-state index in [0.29, 0.717) is 0 Å². The van der Waals surface area contributed by atoms with E-state index in [2.05, 4.69) is 17.1 Å². The molecule has 6 heteroatoms. The highest BCUT2D eigenvalue weighted by molar-refractivity contribution is 5.81. The molecule has 0 aromatic rings. The van der Waals surface area contributed by atoms with Crippen LogP contribution in [-0.2, 0) is 14.5 Å². The van der Waals surface area contributed by atoms with Crippen molar-refractivity contribution in [1.29, 1.82) is 0 Å². The predicted molar refractivity (Wildman–Crippen MR) is 70.4 cm³/mol. The van der Waals surface area contributed by atoms with Crippen molar-refractivity contribution in [1.82, 2.24) is 5.32 Å². The molecule has 0 amide bonds. The first-order valence-corrected chi connectivity index (χ1v) is 6.60. The second-order valence-corrected chi connectivity index (χ2v) is 4.33. The number of rotatable bonds is 11. The van der Waals surface area contributed by atoms with Gasteiger partial charge in [0, 0.05) is 0 Å². The molecule has 110 valence electrons. The molecule has 0 aliphatic carbocycles. The fraction of sp³-hybridized carbons (Fsp3) is 0.692. The summed E-state index contributed by atoms with van der Waals surface area (Å²) in [6, 6.07) is -1.09. The lowest BCUT2D eigenvalue weighted by Crippen LogP contribution is -2.35. The molecule has 0 saturated carbocycles. The van der Waals surface area contributed by atoms with E-state index >= 15 is 0 Å². The van der Waals surface area contributed by atoms with Gasteiger partial charge < -0.3 is 15.3 Å².